The van der Waals surface area contributed by atoms with Crippen LogP contribution in [0.4, 0.5) is 5.69 Å². The predicted octanol–water partition coefficient (Wildman–Crippen LogP) is 4.43. The van der Waals surface area contributed by atoms with Crippen molar-refractivity contribution in [2.45, 2.75) is 0 Å². The van der Waals surface area contributed by atoms with Gasteiger partial charge in [0.1, 0.15) is 5.88 Å². The topological polar surface area (TPSA) is 69.0 Å². The molecule has 26 heavy (non-hydrogen) atoms. The number of hydrogen-bond acceptors (Lipinski definition) is 4. The van der Waals surface area contributed by atoms with Crippen molar-refractivity contribution in [3.8, 4) is 23.1 Å². The standard InChI is InChI=1S/C17H13Cl3N4O2/c1-26-17-22-16(10-2-7-13(19)14(20)8-10)24(23-17)12-5-3-11(4-6-12)21-15(25)9-18/h2-8H,9H2,1H3,(H,21,25). The zero-order chi connectivity index (χ0) is 18.7. The number of amides is 1. The summed E-state index contributed by atoms with van der Waals surface area (Å²) in [4.78, 5) is 15.7. The Labute approximate surface area is 164 Å². The number of benzene rings is 2. The third-order valence-corrected chi connectivity index (χ3v) is 4.45. The molecule has 0 atom stereocenters. The van der Waals surface area contributed by atoms with Crippen LogP contribution in [0.3, 0.4) is 0 Å². The lowest BCUT2D eigenvalue weighted by molar-refractivity contribution is -0.113. The minimum Gasteiger partial charge on any atom is -0.466 e. The zero-order valence-corrected chi connectivity index (χ0v) is 15.8. The summed E-state index contributed by atoms with van der Waals surface area (Å²) in [6, 6.07) is 12.5. The fourth-order valence-electron chi connectivity index (χ4n) is 2.26. The molecule has 1 aromatic heterocycles. The van der Waals surface area contributed by atoms with E-state index < -0.39 is 0 Å². The Morgan fingerprint density at radius 3 is 2.50 bits per heavy atom. The molecule has 0 spiro atoms. The first-order valence-electron chi connectivity index (χ1n) is 7.44. The van der Waals surface area contributed by atoms with E-state index in [0.717, 1.165) is 11.3 Å². The molecule has 0 bridgehead atoms. The third kappa shape index (κ3) is 3.93. The first kappa shape index (κ1) is 18.5. The van der Waals surface area contributed by atoms with Gasteiger partial charge < -0.3 is 10.1 Å². The summed E-state index contributed by atoms with van der Waals surface area (Å²) >= 11 is 17.6. The molecule has 0 radical (unpaired) electrons. The second-order valence-electron chi connectivity index (χ2n) is 5.19. The van der Waals surface area contributed by atoms with E-state index in [-0.39, 0.29) is 17.8 Å². The monoisotopic (exact) mass is 410 g/mol. The summed E-state index contributed by atoms with van der Waals surface area (Å²) in [7, 11) is 1.49. The molecule has 2 aromatic carbocycles. The number of alkyl halides is 1. The SMILES string of the molecule is COc1nc(-c2ccc(Cl)c(Cl)c2)n(-c2ccc(NC(=O)CCl)cc2)n1. The largest absolute Gasteiger partial charge is 0.466 e. The smallest absolute Gasteiger partial charge is 0.336 e. The van der Waals surface area contributed by atoms with Gasteiger partial charge in [-0.25, -0.2) is 4.68 Å². The molecule has 1 heterocycles. The van der Waals surface area contributed by atoms with Gasteiger partial charge in [0.2, 0.25) is 5.91 Å². The van der Waals surface area contributed by atoms with Crippen molar-refractivity contribution in [1.82, 2.24) is 14.8 Å². The van der Waals surface area contributed by atoms with Crippen LogP contribution in [0.25, 0.3) is 17.1 Å². The van der Waals surface area contributed by atoms with Crippen LogP contribution in [-0.4, -0.2) is 33.7 Å². The highest BCUT2D eigenvalue weighted by Gasteiger charge is 2.15. The van der Waals surface area contributed by atoms with Gasteiger partial charge in [0.05, 0.1) is 22.8 Å². The Bertz CT molecular complexity index is 942. The quantitative estimate of drug-likeness (QED) is 0.631. The van der Waals surface area contributed by atoms with Crippen LogP contribution in [0.2, 0.25) is 10.0 Å². The number of carbonyl (C=O) groups is 1. The number of hydrogen-bond donors (Lipinski definition) is 1. The number of halogens is 3. The molecular weight excluding hydrogens is 399 g/mol. The van der Waals surface area contributed by atoms with E-state index in [1.165, 1.54) is 7.11 Å². The molecule has 134 valence electrons. The van der Waals surface area contributed by atoms with E-state index in [1.807, 2.05) is 0 Å². The molecule has 1 N–H and O–H groups in total. The third-order valence-electron chi connectivity index (χ3n) is 3.47. The minimum atomic E-state index is -0.279. The number of methoxy groups -OCH3 is 1. The molecule has 3 rings (SSSR count). The zero-order valence-electron chi connectivity index (χ0n) is 13.5. The molecule has 9 heteroatoms. The summed E-state index contributed by atoms with van der Waals surface area (Å²) in [6.45, 7) is 0. The summed E-state index contributed by atoms with van der Waals surface area (Å²) in [5, 5.41) is 7.87. The molecule has 0 aliphatic rings. The van der Waals surface area contributed by atoms with Crippen molar-refractivity contribution in [3.63, 3.8) is 0 Å². The summed E-state index contributed by atoms with van der Waals surface area (Å²) < 4.78 is 6.77. The molecule has 0 aliphatic carbocycles. The second kappa shape index (κ2) is 7.95. The summed E-state index contributed by atoms with van der Waals surface area (Å²) in [6.07, 6.45) is 0. The highest BCUT2D eigenvalue weighted by Crippen LogP contribution is 2.30. The lowest BCUT2D eigenvalue weighted by Crippen LogP contribution is -2.12. The normalized spacial score (nSPS) is 10.6. The van der Waals surface area contributed by atoms with Crippen molar-refractivity contribution >= 4 is 46.4 Å². The average Bonchev–Trinajstić information content (AvgIpc) is 3.09. The van der Waals surface area contributed by atoms with Gasteiger partial charge in [-0.2, -0.15) is 4.98 Å². The van der Waals surface area contributed by atoms with Crippen LogP contribution in [0.1, 0.15) is 0 Å². The second-order valence-corrected chi connectivity index (χ2v) is 6.27. The van der Waals surface area contributed by atoms with Crippen molar-refractivity contribution in [1.29, 1.82) is 0 Å². The van der Waals surface area contributed by atoms with Gasteiger partial charge >= 0.3 is 6.01 Å². The number of anilines is 1. The lowest BCUT2D eigenvalue weighted by atomic mass is 10.2. The van der Waals surface area contributed by atoms with Crippen molar-refractivity contribution in [3.05, 3.63) is 52.5 Å². The van der Waals surface area contributed by atoms with Gasteiger partial charge in [0, 0.05) is 11.3 Å². The van der Waals surface area contributed by atoms with Crippen LogP contribution in [0, 0.1) is 0 Å². The minimum absolute atomic E-state index is 0.108. The number of carbonyl (C=O) groups excluding carboxylic acids is 1. The van der Waals surface area contributed by atoms with Gasteiger partial charge in [-0.05, 0) is 42.5 Å². The van der Waals surface area contributed by atoms with Crippen molar-refractivity contribution in [2.75, 3.05) is 18.3 Å². The maximum atomic E-state index is 11.4. The fraction of sp³-hybridized carbons (Fsp3) is 0.118. The molecule has 3 aromatic rings. The molecule has 1 amide bonds. The summed E-state index contributed by atoms with van der Waals surface area (Å²) in [5.74, 6) is 0.153. The van der Waals surface area contributed by atoms with Gasteiger partial charge in [-0.3, -0.25) is 4.79 Å². The van der Waals surface area contributed by atoms with E-state index in [9.17, 15) is 4.79 Å². The highest BCUT2D eigenvalue weighted by atomic mass is 35.5. The first-order valence-corrected chi connectivity index (χ1v) is 8.73. The van der Waals surface area contributed by atoms with Gasteiger partial charge in [0.25, 0.3) is 0 Å². The number of rotatable bonds is 5. The summed E-state index contributed by atoms with van der Waals surface area (Å²) in [5.41, 5.74) is 2.09. The Hall–Kier alpha value is -2.28. The number of nitrogens with one attached hydrogen (secondary N) is 1. The number of nitrogens with zero attached hydrogens (tertiary/aromatic N) is 3. The highest BCUT2D eigenvalue weighted by molar-refractivity contribution is 6.42. The Balaban J connectivity index is 2.00. The van der Waals surface area contributed by atoms with Crippen LogP contribution in [0.5, 0.6) is 6.01 Å². The molecule has 6 nitrogen and oxygen atoms in total. The van der Waals surface area contributed by atoms with E-state index in [2.05, 4.69) is 15.4 Å². The predicted molar refractivity (Wildman–Crippen MR) is 103 cm³/mol. The molecule has 0 aliphatic heterocycles. The van der Waals surface area contributed by atoms with Gasteiger partial charge in [-0.15, -0.1) is 16.7 Å². The molecule has 0 fully saturated rings. The maximum absolute atomic E-state index is 11.4. The Morgan fingerprint density at radius 2 is 1.88 bits per heavy atom. The lowest BCUT2D eigenvalue weighted by Gasteiger charge is -2.08. The molecule has 0 unspecified atom stereocenters. The molecule has 0 saturated heterocycles. The number of aromatic nitrogens is 3. The maximum Gasteiger partial charge on any atom is 0.336 e. The fourth-order valence-corrected chi connectivity index (χ4v) is 2.63. The van der Waals surface area contributed by atoms with Gasteiger partial charge in [-0.1, -0.05) is 23.2 Å². The van der Waals surface area contributed by atoms with E-state index in [4.69, 9.17) is 39.5 Å². The number of ether oxygens (including phenoxy) is 1. The Morgan fingerprint density at radius 1 is 1.15 bits per heavy atom. The average molecular weight is 412 g/mol. The van der Waals surface area contributed by atoms with E-state index >= 15 is 0 Å². The van der Waals surface area contributed by atoms with Crippen LogP contribution < -0.4 is 10.1 Å². The van der Waals surface area contributed by atoms with Crippen molar-refractivity contribution < 1.29 is 9.53 Å². The van der Waals surface area contributed by atoms with E-state index in [1.54, 1.807) is 47.1 Å². The van der Waals surface area contributed by atoms with Crippen LogP contribution in [0.15, 0.2) is 42.5 Å². The molecule has 0 saturated carbocycles. The Kier molecular flexibility index (Phi) is 5.66. The van der Waals surface area contributed by atoms with E-state index in [0.29, 0.717) is 21.6 Å². The van der Waals surface area contributed by atoms with Gasteiger partial charge in [0.15, 0.2) is 5.82 Å². The van der Waals surface area contributed by atoms with Crippen LogP contribution in [-0.2, 0) is 4.79 Å². The van der Waals surface area contributed by atoms with Crippen molar-refractivity contribution in [2.24, 2.45) is 0 Å². The van der Waals surface area contributed by atoms with Crippen LogP contribution >= 0.6 is 34.8 Å². The molecular formula is C17H13Cl3N4O2. The first-order chi connectivity index (χ1) is 12.5.